The van der Waals surface area contributed by atoms with Gasteiger partial charge in [0.2, 0.25) is 0 Å². The van der Waals surface area contributed by atoms with Gasteiger partial charge in [0.15, 0.2) is 0 Å². The van der Waals surface area contributed by atoms with Gasteiger partial charge in [-0.2, -0.15) is 5.26 Å². The average molecular weight is 569 g/mol. The molecule has 43 heavy (non-hydrogen) atoms. The molecule has 9 rings (SSSR count). The van der Waals surface area contributed by atoms with Crippen molar-refractivity contribution in [3.63, 3.8) is 0 Å². The second-order valence-electron chi connectivity index (χ2n) is 12.5. The van der Waals surface area contributed by atoms with Crippen LogP contribution in [0.25, 0.3) is 36.9 Å². The van der Waals surface area contributed by atoms with Gasteiger partial charge >= 0.3 is 0 Å². The fourth-order valence-electron chi connectivity index (χ4n) is 7.95. The van der Waals surface area contributed by atoms with Gasteiger partial charge in [0.25, 0.3) is 0 Å². The number of benzene rings is 3. The monoisotopic (exact) mass is 568 g/mol. The lowest BCUT2D eigenvalue weighted by molar-refractivity contribution is 0.652. The molecule has 0 saturated heterocycles. The third-order valence-corrected chi connectivity index (χ3v) is 11.2. The molecule has 0 fully saturated rings. The number of fused-ring (bicyclic) bond motifs is 9. The average Bonchev–Trinajstić information content (AvgIpc) is 3.66. The van der Waals surface area contributed by atoms with Crippen LogP contribution < -0.4 is 4.90 Å². The summed E-state index contributed by atoms with van der Waals surface area (Å²) in [5.41, 5.74) is 12.3. The molecule has 2 heterocycles. The summed E-state index contributed by atoms with van der Waals surface area (Å²) in [6.45, 7) is 4.75. The Kier molecular flexibility index (Phi) is 5.09. The Hall–Kier alpha value is -4.83. The molecule has 0 saturated carbocycles. The lowest BCUT2D eigenvalue weighted by Gasteiger charge is -2.30. The number of anilines is 2. The van der Waals surface area contributed by atoms with Crippen LogP contribution in [-0.2, 0) is 5.41 Å². The Morgan fingerprint density at radius 3 is 2.79 bits per heavy atom. The zero-order chi connectivity index (χ0) is 28.9. The van der Waals surface area contributed by atoms with Crippen LogP contribution >= 0.6 is 11.3 Å². The zero-order valence-corrected chi connectivity index (χ0v) is 24.9. The molecule has 204 valence electrons. The number of rotatable bonds is 2. The van der Waals surface area contributed by atoms with Crippen molar-refractivity contribution in [1.82, 2.24) is 0 Å². The summed E-state index contributed by atoms with van der Waals surface area (Å²) >= 11 is 1.93. The fraction of sp³-hybridized carbons (Fsp3) is 0.175. The molecule has 0 spiro atoms. The standard InChI is InChI=1S/C40H28N2S/c1-40(2)32-12-6-3-11-30(32)38-33(40)19-18-29-31-22-25(16-20-37(31)43-39(29)38)26-17-15-24(23-41)21-36(26)42-34-13-7-4-9-27(34)28-10-5-8-14-35(28)42/h4,6-9,12-22,27,34H,3,11H2,1-2H3. The van der Waals surface area contributed by atoms with E-state index in [0.717, 1.165) is 35.3 Å². The number of thiophene rings is 1. The van der Waals surface area contributed by atoms with Crippen LogP contribution in [0.2, 0.25) is 0 Å². The first kappa shape index (κ1) is 24.7. The van der Waals surface area contributed by atoms with E-state index in [1.54, 1.807) is 5.57 Å². The van der Waals surface area contributed by atoms with Crippen molar-refractivity contribution < 1.29 is 0 Å². The van der Waals surface area contributed by atoms with Crippen LogP contribution in [0.1, 0.15) is 54.9 Å². The molecule has 0 amide bonds. The topological polar surface area (TPSA) is 27.0 Å². The van der Waals surface area contributed by atoms with Crippen LogP contribution in [0, 0.1) is 23.5 Å². The highest BCUT2D eigenvalue weighted by Gasteiger charge is 2.40. The first-order chi connectivity index (χ1) is 21.0. The van der Waals surface area contributed by atoms with Crippen molar-refractivity contribution in [3.05, 3.63) is 137 Å². The van der Waals surface area contributed by atoms with Gasteiger partial charge in [-0.1, -0.05) is 86.7 Å². The molecule has 0 N–H and O–H groups in total. The Labute approximate surface area is 256 Å². The molecule has 4 aromatic carbocycles. The first-order valence-electron chi connectivity index (χ1n) is 15.1. The molecule has 0 radical (unpaired) electrons. The molecule has 0 bridgehead atoms. The Morgan fingerprint density at radius 2 is 1.88 bits per heavy atom. The van der Waals surface area contributed by atoms with Gasteiger partial charge in [-0.15, -0.1) is 11.3 Å². The molecule has 3 aliphatic carbocycles. The molecule has 2 unspecified atom stereocenters. The molecule has 5 aromatic rings. The highest BCUT2D eigenvalue weighted by molar-refractivity contribution is 7.26. The van der Waals surface area contributed by atoms with Crippen molar-refractivity contribution in [2.24, 2.45) is 0 Å². The second-order valence-corrected chi connectivity index (χ2v) is 13.6. The van der Waals surface area contributed by atoms with Crippen molar-refractivity contribution in [2.45, 2.75) is 44.1 Å². The second kappa shape index (κ2) is 8.84. The van der Waals surface area contributed by atoms with E-state index in [1.807, 2.05) is 23.5 Å². The van der Waals surface area contributed by atoms with Gasteiger partial charge in [0, 0.05) is 42.6 Å². The Bertz CT molecular complexity index is 2200. The minimum Gasteiger partial charge on any atom is -0.332 e. The van der Waals surface area contributed by atoms with Gasteiger partial charge in [0.1, 0.15) is 0 Å². The summed E-state index contributed by atoms with van der Waals surface area (Å²) < 4.78 is 2.73. The largest absolute Gasteiger partial charge is 0.332 e. The molecular weight excluding hydrogens is 541 g/mol. The van der Waals surface area contributed by atoms with E-state index in [0.29, 0.717) is 5.56 Å². The minimum atomic E-state index is 0.0380. The maximum absolute atomic E-state index is 9.91. The van der Waals surface area contributed by atoms with E-state index in [9.17, 15) is 5.26 Å². The van der Waals surface area contributed by atoms with E-state index in [4.69, 9.17) is 0 Å². The number of allylic oxidation sites excluding steroid dienone is 6. The van der Waals surface area contributed by atoms with E-state index < -0.39 is 0 Å². The predicted octanol–water partition coefficient (Wildman–Crippen LogP) is 10.3. The SMILES string of the molecule is CC1(C)C2=C(CCC=C2)c2c1ccc1c2sc2ccc(-c3ccc(C#N)cc3N3c4ccc#cc4C4C=CC=CC43)cc21. The van der Waals surface area contributed by atoms with Crippen LogP contribution in [0.5, 0.6) is 0 Å². The highest BCUT2D eigenvalue weighted by Crippen LogP contribution is 2.55. The molecular formula is C40H28N2S. The minimum absolute atomic E-state index is 0.0380. The summed E-state index contributed by atoms with van der Waals surface area (Å²) in [5.74, 6) is 0.208. The van der Waals surface area contributed by atoms with Gasteiger partial charge in [0.05, 0.1) is 29.0 Å². The van der Waals surface area contributed by atoms with E-state index in [2.05, 4.69) is 122 Å². The summed E-state index contributed by atoms with van der Waals surface area (Å²) in [4.78, 5) is 2.40. The predicted molar refractivity (Wildman–Crippen MR) is 179 cm³/mol. The Balaban J connectivity index is 1.25. The number of nitrogens with zero attached hydrogens (tertiary/aromatic N) is 2. The van der Waals surface area contributed by atoms with E-state index in [-0.39, 0.29) is 17.4 Å². The van der Waals surface area contributed by atoms with Crippen molar-refractivity contribution in [1.29, 1.82) is 5.26 Å². The highest BCUT2D eigenvalue weighted by atomic mass is 32.1. The van der Waals surface area contributed by atoms with Crippen molar-refractivity contribution in [2.75, 3.05) is 4.90 Å². The summed E-state index contributed by atoms with van der Waals surface area (Å²) in [6.07, 6.45) is 15.7. The van der Waals surface area contributed by atoms with Crippen LogP contribution in [-0.4, -0.2) is 6.04 Å². The number of nitriles is 1. The van der Waals surface area contributed by atoms with E-state index in [1.165, 1.54) is 42.4 Å². The van der Waals surface area contributed by atoms with Crippen molar-refractivity contribution >= 4 is 48.5 Å². The summed E-state index contributed by atoms with van der Waals surface area (Å²) in [7, 11) is 0. The fourth-order valence-corrected chi connectivity index (χ4v) is 9.20. The van der Waals surface area contributed by atoms with Crippen LogP contribution in [0.4, 0.5) is 11.4 Å². The molecule has 1 aliphatic heterocycles. The molecule has 4 aliphatic rings. The maximum Gasteiger partial charge on any atom is 0.0992 e. The maximum atomic E-state index is 9.91. The molecule has 1 aromatic heterocycles. The van der Waals surface area contributed by atoms with E-state index >= 15 is 0 Å². The van der Waals surface area contributed by atoms with Crippen molar-refractivity contribution in [3.8, 4) is 17.2 Å². The smallest absolute Gasteiger partial charge is 0.0992 e. The first-order valence-corrected chi connectivity index (χ1v) is 15.9. The molecule has 3 heteroatoms. The number of hydrogen-bond acceptors (Lipinski definition) is 3. The van der Waals surface area contributed by atoms with Gasteiger partial charge in [-0.05, 0) is 77.1 Å². The summed E-state index contributed by atoms with van der Waals surface area (Å²) in [5, 5.41) is 12.6. The van der Waals surface area contributed by atoms with Gasteiger partial charge < -0.3 is 4.90 Å². The third kappa shape index (κ3) is 3.35. The normalized spacial score (nSPS) is 20.6. The lowest BCUT2D eigenvalue weighted by Crippen LogP contribution is -2.29. The van der Waals surface area contributed by atoms with Crippen LogP contribution in [0.3, 0.4) is 0 Å². The van der Waals surface area contributed by atoms with Gasteiger partial charge in [-0.3, -0.25) is 0 Å². The Morgan fingerprint density at radius 1 is 0.977 bits per heavy atom. The zero-order valence-electron chi connectivity index (χ0n) is 24.1. The quantitative estimate of drug-likeness (QED) is 0.212. The molecule has 2 nitrogen and oxygen atoms in total. The van der Waals surface area contributed by atoms with Crippen LogP contribution in [0.15, 0.2) is 103 Å². The van der Waals surface area contributed by atoms with Gasteiger partial charge in [-0.25, -0.2) is 0 Å². The molecule has 2 atom stereocenters. The number of hydrogen-bond donors (Lipinski definition) is 0. The third-order valence-electron chi connectivity index (χ3n) is 9.96. The summed E-state index contributed by atoms with van der Waals surface area (Å²) in [6, 6.07) is 31.0. The lowest BCUT2D eigenvalue weighted by atomic mass is 9.80.